The van der Waals surface area contributed by atoms with Gasteiger partial charge in [-0.05, 0) is 43.0 Å². The van der Waals surface area contributed by atoms with Gasteiger partial charge < -0.3 is 19.6 Å². The number of hydrogen-bond donors (Lipinski definition) is 2. The van der Waals surface area contributed by atoms with Crippen LogP contribution in [0.4, 0.5) is 18.0 Å². The summed E-state index contributed by atoms with van der Waals surface area (Å²) in [5.74, 6) is -0.160. The number of nitrogens with zero attached hydrogens (tertiary/aromatic N) is 3. The van der Waals surface area contributed by atoms with Crippen molar-refractivity contribution in [3.8, 4) is 0 Å². The summed E-state index contributed by atoms with van der Waals surface area (Å²) >= 11 is 0. The van der Waals surface area contributed by atoms with Crippen molar-refractivity contribution in [3.63, 3.8) is 0 Å². The van der Waals surface area contributed by atoms with Crippen LogP contribution in [0.25, 0.3) is 0 Å². The third-order valence-corrected chi connectivity index (χ3v) is 6.81. The Hall–Kier alpha value is -2.59. The molecule has 2 atom stereocenters. The minimum atomic E-state index is -4.39. The molecule has 2 N–H and O–H groups in total. The van der Waals surface area contributed by atoms with Crippen LogP contribution in [0.15, 0.2) is 30.3 Å². The van der Waals surface area contributed by atoms with E-state index in [0.717, 1.165) is 29.1 Å². The third-order valence-electron chi connectivity index (χ3n) is 6.81. The molecule has 2 saturated heterocycles. The first-order valence-corrected chi connectivity index (χ1v) is 11.7. The average Bonchev–Trinajstić information content (AvgIpc) is 3.31. The van der Waals surface area contributed by atoms with Gasteiger partial charge in [0.25, 0.3) is 0 Å². The molecular formula is C24H31F3N4O3. The number of halogens is 3. The molecule has 10 heteroatoms. The van der Waals surface area contributed by atoms with Gasteiger partial charge in [-0.15, -0.1) is 0 Å². The first kappa shape index (κ1) is 24.5. The van der Waals surface area contributed by atoms with Crippen LogP contribution >= 0.6 is 0 Å². The fourth-order valence-corrected chi connectivity index (χ4v) is 4.84. The van der Waals surface area contributed by atoms with E-state index in [-0.39, 0.29) is 24.0 Å². The molecule has 0 saturated carbocycles. The van der Waals surface area contributed by atoms with Crippen molar-refractivity contribution in [1.82, 2.24) is 20.0 Å². The van der Waals surface area contributed by atoms with Gasteiger partial charge in [0.15, 0.2) is 0 Å². The molecule has 7 nitrogen and oxygen atoms in total. The highest BCUT2D eigenvalue weighted by molar-refractivity contribution is 5.75. The van der Waals surface area contributed by atoms with Crippen molar-refractivity contribution in [3.05, 3.63) is 52.8 Å². The van der Waals surface area contributed by atoms with E-state index in [4.69, 9.17) is 4.74 Å². The van der Waals surface area contributed by atoms with Gasteiger partial charge in [0.2, 0.25) is 0 Å². The summed E-state index contributed by atoms with van der Waals surface area (Å²) in [6.07, 6.45) is -2.30. The van der Waals surface area contributed by atoms with Gasteiger partial charge in [0.05, 0.1) is 24.0 Å². The first-order valence-electron chi connectivity index (χ1n) is 11.7. The molecule has 0 spiro atoms. The molecule has 0 radical (unpaired) electrons. The SMILES string of the molecule is COCCc1cc(C2CC(c3ccc(C(F)(F)F)cc3)CN(C(=O)N3CCC(O)CC3)C2)n[nH]1. The second-order valence-corrected chi connectivity index (χ2v) is 9.22. The lowest BCUT2D eigenvalue weighted by Crippen LogP contribution is -2.51. The number of carbonyl (C=O) groups is 1. The van der Waals surface area contributed by atoms with E-state index < -0.39 is 11.7 Å². The van der Waals surface area contributed by atoms with E-state index in [0.29, 0.717) is 58.5 Å². The Morgan fingerprint density at radius 2 is 1.82 bits per heavy atom. The van der Waals surface area contributed by atoms with Gasteiger partial charge in [-0.25, -0.2) is 4.79 Å². The lowest BCUT2D eigenvalue weighted by Gasteiger charge is -2.41. The zero-order valence-corrected chi connectivity index (χ0v) is 19.2. The Morgan fingerprint density at radius 3 is 2.47 bits per heavy atom. The maximum atomic E-state index is 13.3. The molecular weight excluding hydrogens is 449 g/mol. The Morgan fingerprint density at radius 1 is 1.15 bits per heavy atom. The van der Waals surface area contributed by atoms with Crippen LogP contribution in [-0.2, 0) is 17.3 Å². The smallest absolute Gasteiger partial charge is 0.393 e. The van der Waals surface area contributed by atoms with E-state index in [1.54, 1.807) is 16.9 Å². The molecule has 2 unspecified atom stereocenters. The monoisotopic (exact) mass is 480 g/mol. The molecule has 186 valence electrons. The number of benzene rings is 1. The number of aromatic nitrogens is 2. The van der Waals surface area contributed by atoms with Crippen LogP contribution in [0.3, 0.4) is 0 Å². The lowest BCUT2D eigenvalue weighted by atomic mass is 9.82. The van der Waals surface area contributed by atoms with E-state index >= 15 is 0 Å². The summed E-state index contributed by atoms with van der Waals surface area (Å²) in [5, 5.41) is 17.3. The summed E-state index contributed by atoms with van der Waals surface area (Å²) in [5.41, 5.74) is 1.88. The highest BCUT2D eigenvalue weighted by atomic mass is 19.4. The van der Waals surface area contributed by atoms with E-state index in [1.165, 1.54) is 12.1 Å². The summed E-state index contributed by atoms with van der Waals surface area (Å²) in [7, 11) is 1.64. The maximum absolute atomic E-state index is 13.3. The first-order chi connectivity index (χ1) is 16.2. The van der Waals surface area contributed by atoms with Crippen LogP contribution < -0.4 is 0 Å². The summed E-state index contributed by atoms with van der Waals surface area (Å²) < 4.78 is 44.2. The van der Waals surface area contributed by atoms with Gasteiger partial charge in [-0.1, -0.05) is 12.1 Å². The fraction of sp³-hybridized carbons (Fsp3) is 0.583. The van der Waals surface area contributed by atoms with Crippen LogP contribution in [0.2, 0.25) is 0 Å². The van der Waals surface area contributed by atoms with Gasteiger partial charge in [0.1, 0.15) is 0 Å². The number of ether oxygens (including phenoxy) is 1. The number of amides is 2. The molecule has 4 rings (SSSR count). The van der Waals surface area contributed by atoms with E-state index in [2.05, 4.69) is 10.2 Å². The largest absolute Gasteiger partial charge is 0.416 e. The van der Waals surface area contributed by atoms with Crippen molar-refractivity contribution in [1.29, 1.82) is 0 Å². The number of aliphatic hydroxyl groups is 1. The van der Waals surface area contributed by atoms with Crippen LogP contribution in [-0.4, -0.2) is 77.1 Å². The number of methoxy groups -OCH3 is 1. The Labute approximate surface area is 196 Å². The molecule has 1 aromatic carbocycles. The number of urea groups is 1. The summed E-state index contributed by atoms with van der Waals surface area (Å²) in [6.45, 7) is 2.47. The number of alkyl halides is 3. The molecule has 2 amide bonds. The predicted molar refractivity (Wildman–Crippen MR) is 119 cm³/mol. The lowest BCUT2D eigenvalue weighted by molar-refractivity contribution is -0.137. The number of aromatic amines is 1. The Bertz CT molecular complexity index is 955. The Balaban J connectivity index is 1.55. The van der Waals surface area contributed by atoms with Gasteiger partial charge in [-0.2, -0.15) is 18.3 Å². The average molecular weight is 481 g/mol. The van der Waals surface area contributed by atoms with Crippen LogP contribution in [0.1, 0.15) is 53.6 Å². The standard InChI is InChI=1S/C24H31F3N4O3/c1-34-11-8-20-13-22(29-28-20)18-12-17(16-2-4-19(5-3-16)24(25,26)27)14-31(15-18)23(33)30-9-6-21(32)7-10-30/h2-5,13,17-18,21,32H,6-12,14-15H2,1H3,(H,28,29). The Kier molecular flexibility index (Phi) is 7.47. The van der Waals surface area contributed by atoms with Gasteiger partial charge in [-0.3, -0.25) is 5.10 Å². The number of H-pyrrole nitrogens is 1. The molecule has 2 aromatic rings. The van der Waals surface area contributed by atoms with Gasteiger partial charge >= 0.3 is 12.2 Å². The number of carbonyl (C=O) groups excluding carboxylic acids is 1. The van der Waals surface area contributed by atoms with Gasteiger partial charge in [0, 0.05) is 57.2 Å². The second-order valence-electron chi connectivity index (χ2n) is 9.22. The van der Waals surface area contributed by atoms with Crippen LogP contribution in [0, 0.1) is 0 Å². The predicted octanol–water partition coefficient (Wildman–Crippen LogP) is 3.77. The van der Waals surface area contributed by atoms with E-state index in [1.807, 2.05) is 6.07 Å². The molecule has 34 heavy (non-hydrogen) atoms. The number of piperidine rings is 2. The van der Waals surface area contributed by atoms with Crippen molar-refractivity contribution in [2.24, 2.45) is 0 Å². The molecule has 2 aliphatic rings. The highest BCUT2D eigenvalue weighted by Crippen LogP contribution is 2.37. The molecule has 2 aliphatic heterocycles. The molecule has 0 aliphatic carbocycles. The molecule has 3 heterocycles. The minimum Gasteiger partial charge on any atom is -0.393 e. The van der Waals surface area contributed by atoms with Crippen molar-refractivity contribution < 1.29 is 27.8 Å². The maximum Gasteiger partial charge on any atom is 0.416 e. The molecule has 0 bridgehead atoms. The van der Waals surface area contributed by atoms with Crippen molar-refractivity contribution >= 4 is 6.03 Å². The van der Waals surface area contributed by atoms with Crippen LogP contribution in [0.5, 0.6) is 0 Å². The normalized spacial score (nSPS) is 22.3. The molecule has 1 aromatic heterocycles. The fourth-order valence-electron chi connectivity index (χ4n) is 4.84. The van der Waals surface area contributed by atoms with Crippen molar-refractivity contribution in [2.75, 3.05) is 39.9 Å². The summed E-state index contributed by atoms with van der Waals surface area (Å²) in [6, 6.07) is 7.14. The number of aliphatic hydroxyl groups excluding tert-OH is 1. The highest BCUT2D eigenvalue weighted by Gasteiger charge is 2.36. The zero-order chi connectivity index (χ0) is 24.3. The summed E-state index contributed by atoms with van der Waals surface area (Å²) in [4.78, 5) is 16.9. The zero-order valence-electron chi connectivity index (χ0n) is 19.2. The number of hydrogen-bond acceptors (Lipinski definition) is 4. The third kappa shape index (κ3) is 5.72. The minimum absolute atomic E-state index is 0.0482. The number of nitrogens with one attached hydrogen (secondary N) is 1. The second kappa shape index (κ2) is 10.4. The number of rotatable bonds is 5. The van der Waals surface area contributed by atoms with Crippen molar-refractivity contribution in [2.45, 2.75) is 49.8 Å². The topological polar surface area (TPSA) is 81.7 Å². The van der Waals surface area contributed by atoms with E-state index in [9.17, 15) is 23.1 Å². The molecule has 2 fully saturated rings. The quantitative estimate of drug-likeness (QED) is 0.683. The number of likely N-dealkylation sites (tertiary alicyclic amines) is 2.